The first kappa shape index (κ1) is 13.1. The molecule has 1 aromatic heterocycles. The number of aromatic nitrogens is 1. The van der Waals surface area contributed by atoms with Gasteiger partial charge in [-0.25, -0.2) is 0 Å². The molecule has 0 bridgehead atoms. The predicted octanol–water partition coefficient (Wildman–Crippen LogP) is 3.87. The van der Waals surface area contributed by atoms with Gasteiger partial charge in [0, 0.05) is 18.3 Å². The summed E-state index contributed by atoms with van der Waals surface area (Å²) < 4.78 is 0. The number of hydrogen-bond donors (Lipinski definition) is 1. The van der Waals surface area contributed by atoms with E-state index < -0.39 is 0 Å². The highest BCUT2D eigenvalue weighted by Crippen LogP contribution is 2.34. The summed E-state index contributed by atoms with van der Waals surface area (Å²) >= 11 is 0. The van der Waals surface area contributed by atoms with Crippen molar-refractivity contribution >= 4 is 0 Å². The van der Waals surface area contributed by atoms with Crippen molar-refractivity contribution in [2.45, 2.75) is 64.5 Å². The molecule has 2 heteroatoms. The number of nitrogens with zero attached hydrogens (tertiary/aromatic N) is 1. The standard InChI is InChI=1S/C17H26N2/c1-12-6-3-9-15(13(12)2)19-16-10-4-7-14-8-5-11-18-17(14)16/h5,8,11-13,15-16,19H,3-4,6-7,9-10H2,1-2H3. The van der Waals surface area contributed by atoms with Gasteiger partial charge in [-0.3, -0.25) is 4.98 Å². The molecule has 1 heterocycles. The van der Waals surface area contributed by atoms with E-state index >= 15 is 0 Å². The highest BCUT2D eigenvalue weighted by molar-refractivity contribution is 5.25. The molecule has 2 aliphatic rings. The zero-order chi connectivity index (χ0) is 13.2. The van der Waals surface area contributed by atoms with Gasteiger partial charge in [0.25, 0.3) is 0 Å². The molecule has 0 aromatic carbocycles. The smallest absolute Gasteiger partial charge is 0.0605 e. The third-order valence-electron chi connectivity index (χ3n) is 5.32. The fourth-order valence-corrected chi connectivity index (χ4v) is 3.85. The Hall–Kier alpha value is -0.890. The van der Waals surface area contributed by atoms with E-state index in [0.29, 0.717) is 12.1 Å². The van der Waals surface area contributed by atoms with E-state index in [1.165, 1.54) is 49.8 Å². The topological polar surface area (TPSA) is 24.9 Å². The Morgan fingerprint density at radius 2 is 2.05 bits per heavy atom. The van der Waals surface area contributed by atoms with E-state index in [1.807, 2.05) is 6.20 Å². The molecular weight excluding hydrogens is 232 g/mol. The number of rotatable bonds is 2. The van der Waals surface area contributed by atoms with Gasteiger partial charge in [0.2, 0.25) is 0 Å². The molecule has 19 heavy (non-hydrogen) atoms. The SMILES string of the molecule is CC1CCCC(NC2CCCc3cccnc32)C1C. The maximum atomic E-state index is 4.65. The Morgan fingerprint density at radius 3 is 2.95 bits per heavy atom. The molecule has 0 saturated heterocycles. The minimum atomic E-state index is 0.489. The Labute approximate surface area is 117 Å². The Morgan fingerprint density at radius 1 is 1.16 bits per heavy atom. The molecule has 1 fully saturated rings. The summed E-state index contributed by atoms with van der Waals surface area (Å²) in [4.78, 5) is 4.65. The molecule has 1 N–H and O–H groups in total. The third kappa shape index (κ3) is 2.69. The van der Waals surface area contributed by atoms with Gasteiger partial charge in [-0.2, -0.15) is 0 Å². The number of aryl methyl sites for hydroxylation is 1. The average Bonchev–Trinajstić information content (AvgIpc) is 2.44. The molecule has 3 rings (SSSR count). The van der Waals surface area contributed by atoms with Crippen LogP contribution >= 0.6 is 0 Å². The van der Waals surface area contributed by atoms with Crippen molar-refractivity contribution in [3.8, 4) is 0 Å². The quantitative estimate of drug-likeness (QED) is 0.871. The molecule has 2 aliphatic carbocycles. The summed E-state index contributed by atoms with van der Waals surface area (Å²) in [5, 5.41) is 3.93. The number of nitrogens with one attached hydrogen (secondary N) is 1. The lowest BCUT2D eigenvalue weighted by Gasteiger charge is -2.38. The van der Waals surface area contributed by atoms with E-state index in [2.05, 4.69) is 36.3 Å². The highest BCUT2D eigenvalue weighted by atomic mass is 15.0. The second-order valence-corrected chi connectivity index (χ2v) is 6.53. The summed E-state index contributed by atoms with van der Waals surface area (Å²) in [5.41, 5.74) is 2.78. The van der Waals surface area contributed by atoms with Crippen LogP contribution in [0, 0.1) is 11.8 Å². The molecule has 0 aliphatic heterocycles. The number of pyridine rings is 1. The molecular formula is C17H26N2. The molecule has 4 unspecified atom stereocenters. The van der Waals surface area contributed by atoms with Crippen LogP contribution in [0.3, 0.4) is 0 Å². The van der Waals surface area contributed by atoms with Crippen LogP contribution < -0.4 is 5.32 Å². The second-order valence-electron chi connectivity index (χ2n) is 6.53. The summed E-state index contributed by atoms with van der Waals surface area (Å²) in [6.07, 6.45) is 9.83. The van der Waals surface area contributed by atoms with Crippen molar-refractivity contribution in [3.05, 3.63) is 29.6 Å². The molecule has 0 amide bonds. The first-order valence-corrected chi connectivity index (χ1v) is 7.95. The maximum absolute atomic E-state index is 4.65. The lowest BCUT2D eigenvalue weighted by Crippen LogP contribution is -2.43. The second kappa shape index (κ2) is 5.62. The molecule has 2 nitrogen and oxygen atoms in total. The van der Waals surface area contributed by atoms with Crippen LogP contribution in [-0.4, -0.2) is 11.0 Å². The number of fused-ring (bicyclic) bond motifs is 1. The van der Waals surface area contributed by atoms with Gasteiger partial charge in [-0.1, -0.05) is 32.8 Å². The van der Waals surface area contributed by atoms with Gasteiger partial charge in [-0.15, -0.1) is 0 Å². The predicted molar refractivity (Wildman–Crippen MR) is 79.0 cm³/mol. The van der Waals surface area contributed by atoms with Gasteiger partial charge < -0.3 is 5.32 Å². The lowest BCUT2D eigenvalue weighted by atomic mass is 9.77. The van der Waals surface area contributed by atoms with Gasteiger partial charge >= 0.3 is 0 Å². The van der Waals surface area contributed by atoms with Crippen LogP contribution in [-0.2, 0) is 6.42 Å². The van der Waals surface area contributed by atoms with Gasteiger partial charge in [-0.05, 0) is 49.1 Å². The Balaban J connectivity index is 1.74. The fourth-order valence-electron chi connectivity index (χ4n) is 3.85. The minimum Gasteiger partial charge on any atom is -0.306 e. The van der Waals surface area contributed by atoms with E-state index in [0.717, 1.165) is 11.8 Å². The lowest BCUT2D eigenvalue weighted by molar-refractivity contribution is 0.188. The molecule has 0 radical (unpaired) electrons. The molecule has 1 saturated carbocycles. The van der Waals surface area contributed by atoms with Crippen molar-refractivity contribution in [1.29, 1.82) is 0 Å². The summed E-state index contributed by atoms with van der Waals surface area (Å²) in [6, 6.07) is 5.50. The molecule has 0 spiro atoms. The molecule has 104 valence electrons. The van der Waals surface area contributed by atoms with E-state index in [-0.39, 0.29) is 0 Å². The Bertz CT molecular complexity index is 429. The van der Waals surface area contributed by atoms with Crippen LogP contribution in [0.1, 0.15) is 63.3 Å². The van der Waals surface area contributed by atoms with Crippen LogP contribution in [0.5, 0.6) is 0 Å². The van der Waals surface area contributed by atoms with Crippen LogP contribution in [0.4, 0.5) is 0 Å². The van der Waals surface area contributed by atoms with Crippen molar-refractivity contribution in [3.63, 3.8) is 0 Å². The first-order chi connectivity index (χ1) is 9.25. The largest absolute Gasteiger partial charge is 0.306 e. The number of hydrogen-bond acceptors (Lipinski definition) is 2. The van der Waals surface area contributed by atoms with Gasteiger partial charge in [0.15, 0.2) is 0 Å². The van der Waals surface area contributed by atoms with E-state index in [1.54, 1.807) is 0 Å². The van der Waals surface area contributed by atoms with Gasteiger partial charge in [0.05, 0.1) is 5.69 Å². The summed E-state index contributed by atoms with van der Waals surface area (Å²) in [7, 11) is 0. The van der Waals surface area contributed by atoms with Crippen LogP contribution in [0.15, 0.2) is 18.3 Å². The zero-order valence-electron chi connectivity index (χ0n) is 12.2. The first-order valence-electron chi connectivity index (χ1n) is 7.95. The minimum absolute atomic E-state index is 0.489. The van der Waals surface area contributed by atoms with Crippen LogP contribution in [0.25, 0.3) is 0 Å². The molecule has 1 aromatic rings. The summed E-state index contributed by atoms with van der Waals surface area (Å²) in [5.74, 6) is 1.65. The average molecular weight is 258 g/mol. The summed E-state index contributed by atoms with van der Waals surface area (Å²) in [6.45, 7) is 4.83. The van der Waals surface area contributed by atoms with E-state index in [4.69, 9.17) is 0 Å². The Kier molecular flexibility index (Phi) is 3.88. The van der Waals surface area contributed by atoms with Crippen molar-refractivity contribution in [2.75, 3.05) is 0 Å². The van der Waals surface area contributed by atoms with Crippen LogP contribution in [0.2, 0.25) is 0 Å². The fraction of sp³-hybridized carbons (Fsp3) is 0.706. The van der Waals surface area contributed by atoms with Gasteiger partial charge in [0.1, 0.15) is 0 Å². The third-order valence-corrected chi connectivity index (χ3v) is 5.32. The molecule has 4 atom stereocenters. The highest BCUT2D eigenvalue weighted by Gasteiger charge is 2.30. The van der Waals surface area contributed by atoms with Crippen molar-refractivity contribution < 1.29 is 0 Å². The van der Waals surface area contributed by atoms with E-state index in [9.17, 15) is 0 Å². The maximum Gasteiger partial charge on any atom is 0.0605 e. The zero-order valence-corrected chi connectivity index (χ0v) is 12.2. The normalized spacial score (nSPS) is 34.8. The van der Waals surface area contributed by atoms with Crippen molar-refractivity contribution in [2.24, 2.45) is 11.8 Å². The van der Waals surface area contributed by atoms with Crippen molar-refractivity contribution in [1.82, 2.24) is 10.3 Å². The monoisotopic (exact) mass is 258 g/mol.